The van der Waals surface area contributed by atoms with Gasteiger partial charge in [-0.3, -0.25) is 0 Å². The first kappa shape index (κ1) is 14.5. The van der Waals surface area contributed by atoms with Crippen LogP contribution in [-0.2, 0) is 6.61 Å². The molecule has 20 heavy (non-hydrogen) atoms. The molecule has 2 rings (SSSR count). The molecule has 5 heteroatoms. The van der Waals surface area contributed by atoms with Crippen LogP contribution in [0.5, 0.6) is 17.2 Å². The number of phenols is 1. The summed E-state index contributed by atoms with van der Waals surface area (Å²) in [5.41, 5.74) is 5.94. The zero-order chi connectivity index (χ0) is 14.4. The molecule has 4 nitrogen and oxygen atoms in total. The first-order valence-electron chi connectivity index (χ1n) is 6.23. The van der Waals surface area contributed by atoms with Gasteiger partial charge < -0.3 is 20.3 Å². The SMILES string of the molecule is NCCOc1cccc(OCc2c(O)cccc2Cl)c1. The van der Waals surface area contributed by atoms with Crippen LogP contribution in [0.25, 0.3) is 0 Å². The summed E-state index contributed by atoms with van der Waals surface area (Å²) in [4.78, 5) is 0. The second kappa shape index (κ2) is 7.03. The van der Waals surface area contributed by atoms with Gasteiger partial charge in [0.15, 0.2) is 0 Å². The monoisotopic (exact) mass is 293 g/mol. The molecule has 0 spiro atoms. The lowest BCUT2D eigenvalue weighted by atomic mass is 10.2. The molecule has 0 saturated heterocycles. The number of rotatable bonds is 6. The van der Waals surface area contributed by atoms with Crippen molar-refractivity contribution < 1.29 is 14.6 Å². The highest BCUT2D eigenvalue weighted by Gasteiger charge is 2.07. The predicted molar refractivity (Wildman–Crippen MR) is 78.4 cm³/mol. The topological polar surface area (TPSA) is 64.7 Å². The number of nitrogens with two attached hydrogens (primary N) is 1. The molecule has 0 aliphatic heterocycles. The Morgan fingerprint density at radius 1 is 1.05 bits per heavy atom. The van der Waals surface area contributed by atoms with Crippen molar-refractivity contribution in [3.05, 3.63) is 53.1 Å². The third kappa shape index (κ3) is 3.79. The molecule has 0 unspecified atom stereocenters. The molecule has 2 aromatic carbocycles. The van der Waals surface area contributed by atoms with Gasteiger partial charge in [-0.15, -0.1) is 0 Å². The van der Waals surface area contributed by atoms with Gasteiger partial charge in [-0.1, -0.05) is 23.7 Å². The number of ether oxygens (including phenoxy) is 2. The maximum Gasteiger partial charge on any atom is 0.123 e. The average molecular weight is 294 g/mol. The molecule has 106 valence electrons. The Morgan fingerprint density at radius 2 is 1.75 bits per heavy atom. The van der Waals surface area contributed by atoms with Crippen molar-refractivity contribution in [2.75, 3.05) is 13.2 Å². The highest BCUT2D eigenvalue weighted by molar-refractivity contribution is 6.31. The van der Waals surface area contributed by atoms with E-state index in [-0.39, 0.29) is 12.4 Å². The van der Waals surface area contributed by atoms with Crippen molar-refractivity contribution in [3.63, 3.8) is 0 Å². The van der Waals surface area contributed by atoms with Crippen molar-refractivity contribution in [2.45, 2.75) is 6.61 Å². The minimum absolute atomic E-state index is 0.119. The Bertz CT molecular complexity index is 555. The summed E-state index contributed by atoms with van der Waals surface area (Å²) in [6.45, 7) is 1.10. The van der Waals surface area contributed by atoms with Crippen LogP contribution in [0.2, 0.25) is 5.02 Å². The number of phenolic OH excluding ortho intramolecular Hbond substituents is 1. The lowest BCUT2D eigenvalue weighted by Gasteiger charge is -2.11. The second-order valence-electron chi connectivity index (χ2n) is 4.14. The van der Waals surface area contributed by atoms with Gasteiger partial charge in [-0.05, 0) is 24.3 Å². The minimum atomic E-state index is 0.119. The number of hydrogen-bond donors (Lipinski definition) is 2. The van der Waals surface area contributed by atoms with E-state index in [0.717, 1.165) is 0 Å². The first-order chi connectivity index (χ1) is 9.70. The minimum Gasteiger partial charge on any atom is -0.507 e. The van der Waals surface area contributed by atoms with E-state index in [4.69, 9.17) is 26.8 Å². The highest BCUT2D eigenvalue weighted by Crippen LogP contribution is 2.27. The molecule has 0 fully saturated rings. The van der Waals surface area contributed by atoms with Gasteiger partial charge in [-0.2, -0.15) is 0 Å². The van der Waals surface area contributed by atoms with Crippen LogP contribution in [0.15, 0.2) is 42.5 Å². The standard InChI is InChI=1S/C15H16ClNO3/c16-14-5-2-6-15(18)13(14)10-20-12-4-1-3-11(9-12)19-8-7-17/h1-6,9,18H,7-8,10,17H2. The van der Waals surface area contributed by atoms with E-state index in [0.29, 0.717) is 35.2 Å². The maximum absolute atomic E-state index is 9.74. The van der Waals surface area contributed by atoms with Crippen LogP contribution < -0.4 is 15.2 Å². The molecule has 0 bridgehead atoms. The second-order valence-corrected chi connectivity index (χ2v) is 4.55. The summed E-state index contributed by atoms with van der Waals surface area (Å²) in [6, 6.07) is 12.2. The first-order valence-corrected chi connectivity index (χ1v) is 6.60. The van der Waals surface area contributed by atoms with Gasteiger partial charge in [-0.25, -0.2) is 0 Å². The van der Waals surface area contributed by atoms with Crippen molar-refractivity contribution in [2.24, 2.45) is 5.73 Å². The molecule has 0 radical (unpaired) electrons. The fourth-order valence-corrected chi connectivity index (χ4v) is 1.90. The molecule has 0 atom stereocenters. The van der Waals surface area contributed by atoms with Crippen LogP contribution in [0, 0.1) is 0 Å². The Morgan fingerprint density at radius 3 is 2.45 bits per heavy atom. The molecule has 0 aromatic heterocycles. The van der Waals surface area contributed by atoms with Gasteiger partial charge in [0.2, 0.25) is 0 Å². The van der Waals surface area contributed by atoms with Crippen molar-refractivity contribution >= 4 is 11.6 Å². The number of hydrogen-bond acceptors (Lipinski definition) is 4. The van der Waals surface area contributed by atoms with E-state index in [1.165, 1.54) is 0 Å². The van der Waals surface area contributed by atoms with Gasteiger partial charge in [0.1, 0.15) is 30.5 Å². The van der Waals surface area contributed by atoms with Crippen molar-refractivity contribution in [1.29, 1.82) is 0 Å². The Balaban J connectivity index is 2.03. The van der Waals surface area contributed by atoms with E-state index in [1.807, 2.05) is 18.2 Å². The summed E-state index contributed by atoms with van der Waals surface area (Å²) < 4.78 is 11.0. The molecule has 2 aromatic rings. The Labute approximate surface area is 122 Å². The average Bonchev–Trinajstić information content (AvgIpc) is 2.45. The summed E-state index contributed by atoms with van der Waals surface area (Å²) in [5, 5.41) is 10.2. The van der Waals surface area contributed by atoms with E-state index in [9.17, 15) is 5.11 Å². The molecular formula is C15H16ClNO3. The fourth-order valence-electron chi connectivity index (χ4n) is 1.68. The highest BCUT2D eigenvalue weighted by atomic mass is 35.5. The van der Waals surface area contributed by atoms with E-state index in [2.05, 4.69) is 0 Å². The molecule has 0 aliphatic rings. The fraction of sp³-hybridized carbons (Fsp3) is 0.200. The van der Waals surface area contributed by atoms with Gasteiger partial charge >= 0.3 is 0 Å². The lowest BCUT2D eigenvalue weighted by molar-refractivity contribution is 0.292. The van der Waals surface area contributed by atoms with Crippen LogP contribution in [0.3, 0.4) is 0 Å². The lowest BCUT2D eigenvalue weighted by Crippen LogP contribution is -2.10. The molecule has 0 amide bonds. The van der Waals surface area contributed by atoms with Gasteiger partial charge in [0.25, 0.3) is 0 Å². The van der Waals surface area contributed by atoms with Crippen LogP contribution >= 0.6 is 11.6 Å². The number of halogens is 1. The Kier molecular flexibility index (Phi) is 5.09. The molecule has 0 saturated carbocycles. The van der Waals surface area contributed by atoms with E-state index in [1.54, 1.807) is 24.3 Å². The molecule has 0 aliphatic carbocycles. The van der Waals surface area contributed by atoms with Gasteiger partial charge in [0, 0.05) is 18.2 Å². The third-order valence-electron chi connectivity index (χ3n) is 2.67. The zero-order valence-electron chi connectivity index (χ0n) is 10.9. The molecule has 0 heterocycles. The zero-order valence-corrected chi connectivity index (χ0v) is 11.6. The normalized spacial score (nSPS) is 10.3. The van der Waals surface area contributed by atoms with Crippen LogP contribution in [0.1, 0.15) is 5.56 Å². The molecular weight excluding hydrogens is 278 g/mol. The van der Waals surface area contributed by atoms with Crippen LogP contribution in [-0.4, -0.2) is 18.3 Å². The van der Waals surface area contributed by atoms with E-state index >= 15 is 0 Å². The molecule has 3 N–H and O–H groups in total. The van der Waals surface area contributed by atoms with Crippen molar-refractivity contribution in [1.82, 2.24) is 0 Å². The summed E-state index contributed by atoms with van der Waals surface area (Å²) in [5.74, 6) is 1.45. The largest absolute Gasteiger partial charge is 0.507 e. The summed E-state index contributed by atoms with van der Waals surface area (Å²) in [7, 11) is 0. The number of benzene rings is 2. The predicted octanol–water partition coefficient (Wildman–Crippen LogP) is 2.96. The number of aromatic hydroxyl groups is 1. The van der Waals surface area contributed by atoms with E-state index < -0.39 is 0 Å². The van der Waals surface area contributed by atoms with Crippen molar-refractivity contribution in [3.8, 4) is 17.2 Å². The third-order valence-corrected chi connectivity index (χ3v) is 3.02. The summed E-state index contributed by atoms with van der Waals surface area (Å²) >= 11 is 6.02. The smallest absolute Gasteiger partial charge is 0.123 e. The van der Waals surface area contributed by atoms with Crippen LogP contribution in [0.4, 0.5) is 0 Å². The Hall–Kier alpha value is -1.91. The summed E-state index contributed by atoms with van der Waals surface area (Å²) in [6.07, 6.45) is 0. The quantitative estimate of drug-likeness (QED) is 0.859. The maximum atomic E-state index is 9.74. The van der Waals surface area contributed by atoms with Gasteiger partial charge in [0.05, 0.1) is 5.02 Å².